The van der Waals surface area contributed by atoms with Gasteiger partial charge in [-0.15, -0.1) is 0 Å². The second-order valence-electron chi connectivity index (χ2n) is 6.97. The van der Waals surface area contributed by atoms with Gasteiger partial charge < -0.3 is 5.32 Å². The monoisotopic (exact) mass is 444 g/mol. The number of hydrogen-bond donors (Lipinski definition) is 1. The smallest absolute Gasteiger partial charge is 0.344 e. The van der Waals surface area contributed by atoms with E-state index >= 15 is 0 Å². The van der Waals surface area contributed by atoms with E-state index in [1.807, 2.05) is 0 Å². The van der Waals surface area contributed by atoms with Crippen LogP contribution in [-0.4, -0.2) is 30.5 Å². The molecule has 4 rings (SSSR count). The number of fused-ring (bicyclic) bond motifs is 1. The van der Waals surface area contributed by atoms with Gasteiger partial charge in [-0.1, -0.05) is 0 Å². The summed E-state index contributed by atoms with van der Waals surface area (Å²) < 4.78 is 79.3. The third kappa shape index (κ3) is 3.99. The quantitative estimate of drug-likeness (QED) is 0.628. The highest BCUT2D eigenvalue weighted by Crippen LogP contribution is 2.33. The maximum Gasteiger partial charge on any atom is 0.435 e. The molecule has 3 aromatic rings. The number of halogens is 6. The Morgan fingerprint density at radius 3 is 2.45 bits per heavy atom. The Bertz CT molecular complexity index is 1150. The van der Waals surface area contributed by atoms with E-state index < -0.39 is 35.7 Å². The first-order chi connectivity index (χ1) is 14.4. The van der Waals surface area contributed by atoms with Crippen LogP contribution in [0, 0.1) is 0 Å². The summed E-state index contributed by atoms with van der Waals surface area (Å²) in [6, 6.07) is 2.32. The van der Waals surface area contributed by atoms with Gasteiger partial charge in [-0.3, -0.25) is 14.5 Å². The predicted octanol–water partition coefficient (Wildman–Crippen LogP) is 3.46. The summed E-state index contributed by atoms with van der Waals surface area (Å²) in [5, 5.41) is 10.2. The lowest BCUT2D eigenvalue weighted by Gasteiger charge is -2.13. The van der Waals surface area contributed by atoms with Crippen molar-refractivity contribution in [2.24, 2.45) is 7.05 Å². The largest absolute Gasteiger partial charge is 0.435 e. The fourth-order valence-electron chi connectivity index (χ4n) is 3.39. The molecule has 1 aliphatic rings. The number of amides is 1. The average molecular weight is 444 g/mol. The Kier molecular flexibility index (Phi) is 4.78. The maximum atomic E-state index is 12.9. The van der Waals surface area contributed by atoms with Crippen molar-refractivity contribution in [3.05, 3.63) is 58.9 Å². The van der Waals surface area contributed by atoms with Gasteiger partial charge in [-0.05, 0) is 25.0 Å². The Labute approximate surface area is 170 Å². The number of aromatic nitrogens is 5. The first kappa shape index (κ1) is 20.9. The van der Waals surface area contributed by atoms with Crippen LogP contribution < -0.4 is 5.32 Å². The first-order valence-electron chi connectivity index (χ1n) is 8.97. The second kappa shape index (κ2) is 7.10. The Morgan fingerprint density at radius 2 is 1.81 bits per heavy atom. The Morgan fingerprint density at radius 1 is 1.10 bits per heavy atom. The van der Waals surface area contributed by atoms with Gasteiger partial charge in [0.25, 0.3) is 5.91 Å². The number of rotatable bonds is 3. The molecule has 3 aromatic heterocycles. The van der Waals surface area contributed by atoms with Crippen molar-refractivity contribution in [1.82, 2.24) is 29.9 Å². The SMILES string of the molecule is Cn1nc(C(F)(F)F)cc1C(=O)N[C@H]1CCc2nn(-c3ccnc(C(F)(F)F)c3)cc21. The fourth-order valence-corrected chi connectivity index (χ4v) is 3.39. The topological polar surface area (TPSA) is 77.6 Å². The van der Waals surface area contributed by atoms with Crippen LogP contribution in [0.3, 0.4) is 0 Å². The normalized spacial score (nSPS) is 16.4. The van der Waals surface area contributed by atoms with Crippen molar-refractivity contribution >= 4 is 5.91 Å². The van der Waals surface area contributed by atoms with Crippen molar-refractivity contribution in [2.45, 2.75) is 31.2 Å². The van der Waals surface area contributed by atoms with Gasteiger partial charge in [-0.2, -0.15) is 36.5 Å². The first-order valence-corrected chi connectivity index (χ1v) is 8.97. The molecule has 7 nitrogen and oxygen atoms in total. The number of nitrogens with zero attached hydrogens (tertiary/aromatic N) is 5. The van der Waals surface area contributed by atoms with Crippen LogP contribution >= 0.6 is 0 Å². The molecule has 13 heteroatoms. The summed E-state index contributed by atoms with van der Waals surface area (Å²) >= 11 is 0. The molecule has 0 unspecified atom stereocenters. The molecule has 0 aliphatic heterocycles. The van der Waals surface area contributed by atoms with Crippen LogP contribution in [0.25, 0.3) is 5.69 Å². The molecule has 1 N–H and O–H groups in total. The number of nitrogens with one attached hydrogen (secondary N) is 1. The van der Waals surface area contributed by atoms with Gasteiger partial charge in [0.15, 0.2) is 5.69 Å². The lowest BCUT2D eigenvalue weighted by Crippen LogP contribution is -2.28. The Hall–Kier alpha value is -3.38. The van der Waals surface area contributed by atoms with Crippen LogP contribution in [0.1, 0.15) is 45.6 Å². The van der Waals surface area contributed by atoms with E-state index in [1.54, 1.807) is 0 Å². The van der Waals surface area contributed by atoms with Crippen molar-refractivity contribution in [2.75, 3.05) is 0 Å². The third-order valence-corrected chi connectivity index (χ3v) is 4.87. The Balaban J connectivity index is 1.56. The summed E-state index contributed by atoms with van der Waals surface area (Å²) in [6.45, 7) is 0. The molecule has 0 spiro atoms. The summed E-state index contributed by atoms with van der Waals surface area (Å²) in [7, 11) is 1.23. The average Bonchev–Trinajstić information content (AvgIpc) is 3.36. The van der Waals surface area contributed by atoms with Crippen LogP contribution in [0.4, 0.5) is 26.3 Å². The minimum absolute atomic E-state index is 0.142. The van der Waals surface area contributed by atoms with Crippen LogP contribution in [0.15, 0.2) is 30.6 Å². The number of pyridine rings is 1. The van der Waals surface area contributed by atoms with Gasteiger partial charge in [0.2, 0.25) is 0 Å². The van der Waals surface area contributed by atoms with Crippen molar-refractivity contribution < 1.29 is 31.1 Å². The van der Waals surface area contributed by atoms with Gasteiger partial charge in [0.05, 0.1) is 17.4 Å². The van der Waals surface area contributed by atoms with Gasteiger partial charge in [0.1, 0.15) is 11.4 Å². The lowest BCUT2D eigenvalue weighted by atomic mass is 10.2. The molecule has 0 bridgehead atoms. The number of carbonyl (C=O) groups is 1. The zero-order chi connectivity index (χ0) is 22.6. The molecule has 1 atom stereocenters. The molecule has 0 saturated heterocycles. The maximum absolute atomic E-state index is 12.9. The number of carbonyl (C=O) groups excluding carboxylic acids is 1. The summed E-state index contributed by atoms with van der Waals surface area (Å²) in [5.74, 6) is -0.751. The lowest BCUT2D eigenvalue weighted by molar-refractivity contribution is -0.142. The van der Waals surface area contributed by atoms with Crippen molar-refractivity contribution in [1.29, 1.82) is 0 Å². The van der Waals surface area contributed by atoms with Gasteiger partial charge in [-0.25, -0.2) is 4.68 Å². The van der Waals surface area contributed by atoms with Crippen molar-refractivity contribution in [3.63, 3.8) is 0 Å². The second-order valence-corrected chi connectivity index (χ2v) is 6.97. The van der Waals surface area contributed by atoms with E-state index in [-0.39, 0.29) is 11.4 Å². The minimum atomic E-state index is -4.68. The predicted molar refractivity (Wildman–Crippen MR) is 93.1 cm³/mol. The van der Waals surface area contributed by atoms with Crippen LogP contribution in [0.5, 0.6) is 0 Å². The van der Waals surface area contributed by atoms with Gasteiger partial charge in [0, 0.05) is 31.1 Å². The molecule has 31 heavy (non-hydrogen) atoms. The highest BCUT2D eigenvalue weighted by Gasteiger charge is 2.36. The van der Waals surface area contributed by atoms with Crippen molar-refractivity contribution in [3.8, 4) is 5.69 Å². The van der Waals surface area contributed by atoms with E-state index in [0.29, 0.717) is 30.2 Å². The molecule has 3 heterocycles. The molecule has 0 fully saturated rings. The van der Waals surface area contributed by atoms with Crippen LogP contribution in [-0.2, 0) is 25.8 Å². The highest BCUT2D eigenvalue weighted by molar-refractivity contribution is 5.93. The van der Waals surface area contributed by atoms with Crippen LogP contribution in [0.2, 0.25) is 0 Å². The van der Waals surface area contributed by atoms with E-state index in [9.17, 15) is 31.1 Å². The zero-order valence-electron chi connectivity index (χ0n) is 15.8. The standard InChI is InChI=1S/C18H14F6N6O/c1-29-13(7-15(28-29)18(22,23)24)16(31)26-11-2-3-12-10(11)8-30(27-12)9-4-5-25-14(6-9)17(19,20)21/h4-8,11H,2-3H2,1H3,(H,26,31)/t11-/m0/s1. The third-order valence-electron chi connectivity index (χ3n) is 4.87. The highest BCUT2D eigenvalue weighted by atomic mass is 19.4. The summed E-state index contributed by atoms with van der Waals surface area (Å²) in [6.07, 6.45) is -5.88. The number of alkyl halides is 6. The minimum Gasteiger partial charge on any atom is -0.344 e. The molecule has 1 amide bonds. The van der Waals surface area contributed by atoms with E-state index in [0.717, 1.165) is 16.9 Å². The molecular weight excluding hydrogens is 430 g/mol. The zero-order valence-corrected chi connectivity index (χ0v) is 15.8. The molecule has 164 valence electrons. The molecule has 0 aromatic carbocycles. The number of aryl methyl sites for hydroxylation is 2. The van der Waals surface area contributed by atoms with E-state index in [1.165, 1.54) is 24.0 Å². The fraction of sp³-hybridized carbons (Fsp3) is 0.333. The number of hydrogen-bond acceptors (Lipinski definition) is 4. The van der Waals surface area contributed by atoms with E-state index in [2.05, 4.69) is 20.5 Å². The van der Waals surface area contributed by atoms with E-state index in [4.69, 9.17) is 0 Å². The molecule has 0 saturated carbocycles. The van der Waals surface area contributed by atoms with Gasteiger partial charge >= 0.3 is 12.4 Å². The molecular formula is C18H14F6N6O. The molecule has 0 radical (unpaired) electrons. The summed E-state index contributed by atoms with van der Waals surface area (Å²) in [5.41, 5.74) is -1.21. The summed E-state index contributed by atoms with van der Waals surface area (Å²) in [4.78, 5) is 15.8. The molecule has 1 aliphatic carbocycles.